The Morgan fingerprint density at radius 1 is 1.29 bits per heavy atom. The van der Waals surface area contributed by atoms with Crippen LogP contribution in [0, 0.1) is 11.8 Å². The number of hydrogen-bond acceptors (Lipinski definition) is 2. The highest BCUT2D eigenvalue weighted by Crippen LogP contribution is 2.49. The fourth-order valence-corrected chi connectivity index (χ4v) is 3.56. The Morgan fingerprint density at radius 3 is 2.71 bits per heavy atom. The molecule has 3 rings (SSSR count). The molecule has 1 saturated heterocycles. The molecular weight excluding hydrogens is 226 g/mol. The largest absolute Gasteiger partial charge is 0.314 e. The predicted octanol–water partition coefficient (Wildman–Crippen LogP) is 3.13. The van der Waals surface area contributed by atoms with Crippen molar-refractivity contribution in [3.8, 4) is 0 Å². The van der Waals surface area contributed by atoms with Gasteiger partial charge in [0.1, 0.15) is 0 Å². The average molecular weight is 247 g/mol. The molecule has 1 aliphatic carbocycles. The summed E-state index contributed by atoms with van der Waals surface area (Å²) in [6.45, 7) is 3.59. The third kappa shape index (κ3) is 2.69. The summed E-state index contributed by atoms with van der Waals surface area (Å²) in [5.41, 5.74) is 1.53. The van der Waals surface area contributed by atoms with E-state index < -0.39 is 0 Å². The minimum atomic E-state index is 0.686. The smallest absolute Gasteiger partial charge is 0.00731 e. The van der Waals surface area contributed by atoms with Crippen molar-refractivity contribution in [3.05, 3.63) is 35.9 Å². The van der Waals surface area contributed by atoms with Gasteiger partial charge in [0.15, 0.2) is 0 Å². The summed E-state index contributed by atoms with van der Waals surface area (Å²) in [4.78, 5) is 0. The van der Waals surface area contributed by atoms with Crippen molar-refractivity contribution in [1.29, 1.82) is 0 Å². The van der Waals surface area contributed by atoms with Crippen LogP contribution in [0.1, 0.15) is 24.8 Å². The third-order valence-corrected chi connectivity index (χ3v) is 5.56. The Morgan fingerprint density at radius 2 is 2.06 bits per heavy atom. The average Bonchev–Trinajstić information content (AvgIpc) is 3.08. The highest BCUT2D eigenvalue weighted by molar-refractivity contribution is 8.00. The second-order valence-corrected chi connectivity index (χ2v) is 6.59. The maximum Gasteiger partial charge on any atom is 0.00731 e. The molecule has 1 N–H and O–H groups in total. The fraction of sp³-hybridized carbons (Fsp3) is 0.600. The predicted molar refractivity (Wildman–Crippen MR) is 75.6 cm³/mol. The molecule has 1 aromatic rings. The van der Waals surface area contributed by atoms with Gasteiger partial charge >= 0.3 is 0 Å². The van der Waals surface area contributed by atoms with Crippen molar-refractivity contribution in [2.24, 2.45) is 11.8 Å². The maximum absolute atomic E-state index is 3.73. The van der Waals surface area contributed by atoms with Crippen LogP contribution in [0.4, 0.5) is 0 Å². The second kappa shape index (κ2) is 5.03. The van der Waals surface area contributed by atoms with E-state index in [4.69, 9.17) is 0 Å². The Kier molecular flexibility index (Phi) is 3.44. The zero-order valence-corrected chi connectivity index (χ0v) is 11.2. The van der Waals surface area contributed by atoms with Gasteiger partial charge in [0.05, 0.1) is 0 Å². The van der Waals surface area contributed by atoms with Gasteiger partial charge in [0, 0.05) is 6.04 Å². The van der Waals surface area contributed by atoms with Gasteiger partial charge < -0.3 is 5.32 Å². The maximum atomic E-state index is 3.73. The molecule has 1 nitrogen and oxygen atoms in total. The molecule has 2 heteroatoms. The van der Waals surface area contributed by atoms with Crippen molar-refractivity contribution >= 4 is 11.8 Å². The highest BCUT2D eigenvalue weighted by Gasteiger charge is 2.41. The summed E-state index contributed by atoms with van der Waals surface area (Å²) in [5, 5.41) is 3.73. The molecule has 92 valence electrons. The van der Waals surface area contributed by atoms with Gasteiger partial charge in [0.25, 0.3) is 0 Å². The van der Waals surface area contributed by atoms with Crippen LogP contribution < -0.4 is 5.32 Å². The van der Waals surface area contributed by atoms with Crippen LogP contribution in [0.25, 0.3) is 0 Å². The van der Waals surface area contributed by atoms with Crippen LogP contribution in [0.2, 0.25) is 0 Å². The van der Waals surface area contributed by atoms with Crippen LogP contribution in [-0.2, 0) is 0 Å². The van der Waals surface area contributed by atoms with Crippen molar-refractivity contribution in [1.82, 2.24) is 5.32 Å². The van der Waals surface area contributed by atoms with E-state index in [2.05, 4.69) is 54.3 Å². The van der Waals surface area contributed by atoms with Gasteiger partial charge in [-0.05, 0) is 54.7 Å². The fourth-order valence-electron chi connectivity index (χ4n) is 2.76. The van der Waals surface area contributed by atoms with Gasteiger partial charge in [-0.25, -0.2) is 0 Å². The highest BCUT2D eigenvalue weighted by atomic mass is 32.2. The molecule has 3 atom stereocenters. The summed E-state index contributed by atoms with van der Waals surface area (Å²) < 4.78 is 0. The molecule has 1 unspecified atom stereocenters. The molecule has 0 radical (unpaired) electrons. The van der Waals surface area contributed by atoms with Crippen LogP contribution >= 0.6 is 11.8 Å². The Hall–Kier alpha value is -0.470. The number of nitrogens with one attached hydrogen (secondary N) is 1. The molecule has 1 aliphatic heterocycles. The first kappa shape index (κ1) is 11.6. The lowest BCUT2D eigenvalue weighted by molar-refractivity contribution is 0.444. The zero-order chi connectivity index (χ0) is 11.7. The number of rotatable bonds is 5. The van der Waals surface area contributed by atoms with E-state index in [9.17, 15) is 0 Å². The molecule has 0 bridgehead atoms. The Balaban J connectivity index is 1.47. The summed E-state index contributed by atoms with van der Waals surface area (Å²) in [6.07, 6.45) is 1.37. The van der Waals surface area contributed by atoms with E-state index in [0.29, 0.717) is 6.04 Å². The first-order chi connectivity index (χ1) is 8.34. The lowest BCUT2D eigenvalue weighted by atomic mass is 10.1. The topological polar surface area (TPSA) is 12.0 Å². The Labute approximate surface area is 108 Å². The van der Waals surface area contributed by atoms with Crippen LogP contribution in [-0.4, -0.2) is 24.1 Å². The molecule has 2 aliphatic rings. The molecule has 1 saturated carbocycles. The van der Waals surface area contributed by atoms with E-state index in [1.54, 1.807) is 0 Å². The number of benzene rings is 1. The monoisotopic (exact) mass is 247 g/mol. The molecule has 0 spiro atoms. The number of hydrogen-bond donors (Lipinski definition) is 1. The second-order valence-electron chi connectivity index (χ2n) is 5.52. The first-order valence-corrected chi connectivity index (χ1v) is 7.86. The zero-order valence-electron chi connectivity index (χ0n) is 10.4. The van der Waals surface area contributed by atoms with Crippen LogP contribution in [0.15, 0.2) is 30.3 Å². The standard InChI is InChI=1S/C15H21NS/c1-11(16-8-12-9-17-10-12)14-7-15(14)13-5-3-2-4-6-13/h2-6,11-12,14-16H,7-10H2,1H3/t11?,14-,15-/m0/s1. The normalized spacial score (nSPS) is 29.7. The first-order valence-electron chi connectivity index (χ1n) is 6.70. The quantitative estimate of drug-likeness (QED) is 0.858. The van der Waals surface area contributed by atoms with Gasteiger partial charge in [-0.1, -0.05) is 30.3 Å². The molecule has 0 aromatic heterocycles. The van der Waals surface area contributed by atoms with Crippen LogP contribution in [0.3, 0.4) is 0 Å². The van der Waals surface area contributed by atoms with Crippen molar-refractivity contribution in [3.63, 3.8) is 0 Å². The third-order valence-electron chi connectivity index (χ3n) is 4.15. The lowest BCUT2D eigenvalue weighted by Crippen LogP contribution is -2.37. The molecule has 17 heavy (non-hydrogen) atoms. The van der Waals surface area contributed by atoms with Crippen molar-refractivity contribution < 1.29 is 0 Å². The SMILES string of the molecule is CC(NCC1CSC1)[C@@H]1C[C@H]1c1ccccc1. The van der Waals surface area contributed by atoms with Crippen molar-refractivity contribution in [2.45, 2.75) is 25.3 Å². The van der Waals surface area contributed by atoms with E-state index in [1.807, 2.05) is 0 Å². The summed E-state index contributed by atoms with van der Waals surface area (Å²) >= 11 is 2.08. The molecule has 0 amide bonds. The minimum absolute atomic E-state index is 0.686. The summed E-state index contributed by atoms with van der Waals surface area (Å²) in [5.74, 6) is 5.36. The van der Waals surface area contributed by atoms with Gasteiger partial charge in [0.2, 0.25) is 0 Å². The summed E-state index contributed by atoms with van der Waals surface area (Å²) in [6, 6.07) is 11.7. The summed E-state index contributed by atoms with van der Waals surface area (Å²) in [7, 11) is 0. The van der Waals surface area contributed by atoms with E-state index >= 15 is 0 Å². The van der Waals surface area contributed by atoms with Crippen molar-refractivity contribution in [2.75, 3.05) is 18.1 Å². The minimum Gasteiger partial charge on any atom is -0.314 e. The van der Waals surface area contributed by atoms with Gasteiger partial charge in [-0.2, -0.15) is 11.8 Å². The van der Waals surface area contributed by atoms with E-state index in [0.717, 1.165) is 17.8 Å². The van der Waals surface area contributed by atoms with E-state index in [-0.39, 0.29) is 0 Å². The lowest BCUT2D eigenvalue weighted by Gasteiger charge is -2.27. The van der Waals surface area contributed by atoms with Gasteiger partial charge in [-0.15, -0.1) is 0 Å². The molecule has 2 fully saturated rings. The van der Waals surface area contributed by atoms with Gasteiger partial charge in [-0.3, -0.25) is 0 Å². The molecule has 1 aromatic carbocycles. The van der Waals surface area contributed by atoms with Crippen LogP contribution in [0.5, 0.6) is 0 Å². The Bertz CT molecular complexity index is 360. The molecule has 1 heterocycles. The van der Waals surface area contributed by atoms with E-state index in [1.165, 1.54) is 30.0 Å². The number of thioether (sulfide) groups is 1. The molecular formula is C15H21NS.